The molecular formula is C21H27F3N6O. The van der Waals surface area contributed by atoms with Gasteiger partial charge < -0.3 is 9.80 Å². The van der Waals surface area contributed by atoms with Crippen LogP contribution in [-0.4, -0.2) is 56.3 Å². The number of fused-ring (bicyclic) bond motifs is 2. The van der Waals surface area contributed by atoms with E-state index in [4.69, 9.17) is 0 Å². The Labute approximate surface area is 178 Å². The first-order valence-electron chi connectivity index (χ1n) is 11.3. The number of carbonyl (C=O) groups is 1. The van der Waals surface area contributed by atoms with Gasteiger partial charge in [-0.25, -0.2) is 0 Å². The summed E-state index contributed by atoms with van der Waals surface area (Å²) in [7, 11) is 0. The predicted octanol–water partition coefficient (Wildman–Crippen LogP) is 3.54. The second-order valence-corrected chi connectivity index (χ2v) is 9.03. The monoisotopic (exact) mass is 436 g/mol. The zero-order valence-electron chi connectivity index (χ0n) is 17.4. The van der Waals surface area contributed by atoms with Crippen LogP contribution in [0, 0.1) is 11.8 Å². The number of amides is 1. The van der Waals surface area contributed by atoms with E-state index in [0.29, 0.717) is 43.7 Å². The molecule has 0 N–H and O–H groups in total. The SMILES string of the molecule is O=C(C1CCN(c2ccc3nnc(C(F)(F)F)n3n2)CC1)N1CCC[C@H]2CCCC[C@@H]21. The summed E-state index contributed by atoms with van der Waals surface area (Å²) in [4.78, 5) is 17.4. The minimum absolute atomic E-state index is 0.0127. The summed E-state index contributed by atoms with van der Waals surface area (Å²) in [6.07, 6.45) is 3.96. The fourth-order valence-corrected chi connectivity index (χ4v) is 5.61. The highest BCUT2D eigenvalue weighted by Gasteiger charge is 2.40. The maximum absolute atomic E-state index is 13.3. The number of rotatable bonds is 2. The average Bonchev–Trinajstić information content (AvgIpc) is 3.22. The lowest BCUT2D eigenvalue weighted by Gasteiger charge is -2.46. The van der Waals surface area contributed by atoms with Gasteiger partial charge in [-0.2, -0.15) is 17.7 Å². The van der Waals surface area contributed by atoms with Gasteiger partial charge >= 0.3 is 6.18 Å². The lowest BCUT2D eigenvalue weighted by atomic mass is 9.77. The Bertz CT molecular complexity index is 950. The van der Waals surface area contributed by atoms with Gasteiger partial charge in [0.25, 0.3) is 5.82 Å². The van der Waals surface area contributed by atoms with Crippen LogP contribution in [0.15, 0.2) is 12.1 Å². The van der Waals surface area contributed by atoms with Crippen LogP contribution >= 0.6 is 0 Å². The third-order valence-corrected chi connectivity index (χ3v) is 7.20. The van der Waals surface area contributed by atoms with Crippen LogP contribution in [0.5, 0.6) is 0 Å². The smallest absolute Gasteiger partial charge is 0.355 e. The summed E-state index contributed by atoms with van der Waals surface area (Å²) >= 11 is 0. The third kappa shape index (κ3) is 3.85. The lowest BCUT2D eigenvalue weighted by molar-refractivity contribution is -0.146. The highest BCUT2D eigenvalue weighted by atomic mass is 19.4. The van der Waals surface area contributed by atoms with E-state index in [2.05, 4.69) is 20.2 Å². The fraction of sp³-hybridized carbons (Fsp3) is 0.714. The molecule has 168 valence electrons. The van der Waals surface area contributed by atoms with Crippen LogP contribution in [0.2, 0.25) is 0 Å². The number of hydrogen-bond donors (Lipinski definition) is 0. The van der Waals surface area contributed by atoms with Crippen molar-refractivity contribution in [1.82, 2.24) is 24.7 Å². The normalized spacial score (nSPS) is 25.6. The second kappa shape index (κ2) is 7.94. The number of aromatic nitrogens is 4. The minimum Gasteiger partial charge on any atom is -0.355 e. The van der Waals surface area contributed by atoms with Crippen LogP contribution < -0.4 is 4.90 Å². The Balaban J connectivity index is 1.26. The third-order valence-electron chi connectivity index (χ3n) is 7.20. The molecular weight excluding hydrogens is 409 g/mol. The van der Waals surface area contributed by atoms with Gasteiger partial charge in [0.2, 0.25) is 5.91 Å². The van der Waals surface area contributed by atoms with E-state index in [1.165, 1.54) is 31.7 Å². The van der Waals surface area contributed by atoms with Crippen LogP contribution in [0.3, 0.4) is 0 Å². The van der Waals surface area contributed by atoms with E-state index >= 15 is 0 Å². The summed E-state index contributed by atoms with van der Waals surface area (Å²) in [5, 5.41) is 10.9. The summed E-state index contributed by atoms with van der Waals surface area (Å²) in [6.45, 7) is 2.06. The molecule has 1 amide bonds. The Morgan fingerprint density at radius 1 is 0.935 bits per heavy atom. The van der Waals surface area contributed by atoms with E-state index in [9.17, 15) is 18.0 Å². The average molecular weight is 436 g/mol. The summed E-state index contributed by atoms with van der Waals surface area (Å²) in [5.41, 5.74) is 0.0632. The first-order valence-corrected chi connectivity index (χ1v) is 11.3. The first kappa shape index (κ1) is 20.5. The molecule has 2 aromatic rings. The molecule has 0 spiro atoms. The summed E-state index contributed by atoms with van der Waals surface area (Å²) < 4.78 is 40.2. The Morgan fingerprint density at radius 3 is 2.45 bits per heavy atom. The quantitative estimate of drug-likeness (QED) is 0.721. The van der Waals surface area contributed by atoms with E-state index in [1.54, 1.807) is 6.07 Å². The predicted molar refractivity (Wildman–Crippen MR) is 107 cm³/mol. The molecule has 7 nitrogen and oxygen atoms in total. The maximum atomic E-state index is 13.3. The molecule has 3 fully saturated rings. The molecule has 0 radical (unpaired) electrons. The number of nitrogens with zero attached hydrogens (tertiary/aromatic N) is 6. The van der Waals surface area contributed by atoms with Gasteiger partial charge in [0.05, 0.1) is 0 Å². The fourth-order valence-electron chi connectivity index (χ4n) is 5.61. The number of halogens is 3. The summed E-state index contributed by atoms with van der Waals surface area (Å²) in [5.74, 6) is 0.254. The van der Waals surface area contributed by atoms with Crippen LogP contribution in [0.25, 0.3) is 5.65 Å². The largest absolute Gasteiger partial charge is 0.453 e. The molecule has 1 saturated carbocycles. The Morgan fingerprint density at radius 2 is 1.68 bits per heavy atom. The highest BCUT2D eigenvalue weighted by molar-refractivity contribution is 5.79. The van der Waals surface area contributed by atoms with Crippen LogP contribution in [-0.2, 0) is 11.0 Å². The van der Waals surface area contributed by atoms with Crippen molar-refractivity contribution in [3.05, 3.63) is 18.0 Å². The number of anilines is 1. The topological polar surface area (TPSA) is 66.6 Å². The Kier molecular flexibility index (Phi) is 5.26. The Hall–Kier alpha value is -2.39. The van der Waals surface area contributed by atoms with Gasteiger partial charge in [0.1, 0.15) is 5.82 Å². The minimum atomic E-state index is -4.62. The van der Waals surface area contributed by atoms with Gasteiger partial charge in [-0.05, 0) is 56.6 Å². The molecule has 2 atom stereocenters. The van der Waals surface area contributed by atoms with Crippen molar-refractivity contribution in [3.8, 4) is 0 Å². The zero-order chi connectivity index (χ0) is 21.6. The van der Waals surface area contributed by atoms with E-state index in [0.717, 1.165) is 23.9 Å². The maximum Gasteiger partial charge on any atom is 0.453 e. The van der Waals surface area contributed by atoms with Gasteiger partial charge in [0.15, 0.2) is 5.65 Å². The number of piperidine rings is 2. The molecule has 2 saturated heterocycles. The van der Waals surface area contributed by atoms with Crippen molar-refractivity contribution < 1.29 is 18.0 Å². The zero-order valence-corrected chi connectivity index (χ0v) is 17.4. The molecule has 0 unspecified atom stereocenters. The highest BCUT2D eigenvalue weighted by Crippen LogP contribution is 2.37. The van der Waals surface area contributed by atoms with E-state index in [1.807, 2.05) is 4.90 Å². The molecule has 0 bridgehead atoms. The number of carbonyl (C=O) groups excluding carboxylic acids is 1. The van der Waals surface area contributed by atoms with Crippen LogP contribution in [0.4, 0.5) is 19.0 Å². The number of alkyl halides is 3. The molecule has 10 heteroatoms. The number of hydrogen-bond acceptors (Lipinski definition) is 5. The van der Waals surface area contributed by atoms with Gasteiger partial charge in [-0.1, -0.05) is 12.8 Å². The van der Waals surface area contributed by atoms with Crippen molar-refractivity contribution in [2.75, 3.05) is 24.5 Å². The molecule has 1 aliphatic carbocycles. The van der Waals surface area contributed by atoms with Crippen molar-refractivity contribution in [2.45, 2.75) is 63.6 Å². The van der Waals surface area contributed by atoms with Crippen molar-refractivity contribution in [1.29, 1.82) is 0 Å². The molecule has 2 aliphatic heterocycles. The second-order valence-electron chi connectivity index (χ2n) is 9.03. The van der Waals surface area contributed by atoms with Crippen molar-refractivity contribution >= 4 is 17.4 Å². The number of likely N-dealkylation sites (tertiary alicyclic amines) is 1. The van der Waals surface area contributed by atoms with E-state index < -0.39 is 12.0 Å². The van der Waals surface area contributed by atoms with Crippen LogP contribution in [0.1, 0.15) is 57.2 Å². The molecule has 3 aliphatic rings. The van der Waals surface area contributed by atoms with Gasteiger partial charge in [-0.15, -0.1) is 15.3 Å². The molecule has 2 aromatic heterocycles. The molecule has 0 aromatic carbocycles. The first-order chi connectivity index (χ1) is 14.9. The van der Waals surface area contributed by atoms with Gasteiger partial charge in [0, 0.05) is 31.6 Å². The van der Waals surface area contributed by atoms with Crippen molar-refractivity contribution in [2.24, 2.45) is 11.8 Å². The van der Waals surface area contributed by atoms with Gasteiger partial charge in [-0.3, -0.25) is 4.79 Å². The standard InChI is InChI=1S/C21H27F3N6O/c22-21(23,24)20-26-25-17-7-8-18(27-30(17)20)28-12-9-15(10-13-28)19(31)29-11-3-5-14-4-1-2-6-16(14)29/h7-8,14-16H,1-6,9-13H2/t14-,16+/m1/s1. The summed E-state index contributed by atoms with van der Waals surface area (Å²) in [6, 6.07) is 3.58. The van der Waals surface area contributed by atoms with E-state index in [-0.39, 0.29) is 17.5 Å². The van der Waals surface area contributed by atoms with Crippen molar-refractivity contribution in [3.63, 3.8) is 0 Å². The molecule has 4 heterocycles. The molecule has 31 heavy (non-hydrogen) atoms. The lowest BCUT2D eigenvalue weighted by Crippen LogP contribution is -2.52. The molecule has 5 rings (SSSR count).